The number of aromatic hydroxyl groups is 2. The van der Waals surface area contributed by atoms with E-state index in [0.29, 0.717) is 30.0 Å². The molecule has 0 atom stereocenters. The van der Waals surface area contributed by atoms with Crippen molar-refractivity contribution in [2.24, 2.45) is 0 Å². The Morgan fingerprint density at radius 3 is 2.55 bits per heavy atom. The number of phenolic OH excluding ortho intramolecular Hbond substituents is 2. The lowest BCUT2D eigenvalue weighted by molar-refractivity contribution is 0.0954. The molecule has 4 rings (SSSR count). The van der Waals surface area contributed by atoms with Gasteiger partial charge in [-0.25, -0.2) is 4.68 Å². The Morgan fingerprint density at radius 2 is 1.82 bits per heavy atom. The highest BCUT2D eigenvalue weighted by Crippen LogP contribution is 2.27. The molecule has 4 aromatic rings. The van der Waals surface area contributed by atoms with Gasteiger partial charge < -0.3 is 20.3 Å². The fraction of sp³-hybridized carbons (Fsp3) is 0.154. The number of phenols is 2. The van der Waals surface area contributed by atoms with Crippen LogP contribution < -0.4 is 10.1 Å². The van der Waals surface area contributed by atoms with Crippen LogP contribution in [0.1, 0.15) is 21.5 Å². The number of nitrogens with zero attached hydrogens (tertiary/aromatic N) is 2. The molecule has 0 saturated carbocycles. The zero-order chi connectivity index (χ0) is 23.4. The van der Waals surface area contributed by atoms with Crippen LogP contribution in [0, 0.1) is 6.92 Å². The first-order chi connectivity index (χ1) is 15.9. The van der Waals surface area contributed by atoms with Crippen molar-refractivity contribution in [3.63, 3.8) is 0 Å². The number of aromatic nitrogens is 2. The van der Waals surface area contributed by atoms with Crippen LogP contribution in [0.3, 0.4) is 0 Å². The smallest absolute Gasteiger partial charge is 0.255 e. The summed E-state index contributed by atoms with van der Waals surface area (Å²) in [5.74, 6) is 0.0674. The maximum Gasteiger partial charge on any atom is 0.255 e. The van der Waals surface area contributed by atoms with Crippen LogP contribution in [0.25, 0.3) is 16.9 Å². The summed E-state index contributed by atoms with van der Waals surface area (Å²) in [7, 11) is 1.60. The van der Waals surface area contributed by atoms with Gasteiger partial charge in [0.25, 0.3) is 5.91 Å². The van der Waals surface area contributed by atoms with Crippen LogP contribution in [0.4, 0.5) is 0 Å². The lowest BCUT2D eigenvalue weighted by Crippen LogP contribution is -2.25. The number of hydrogen-bond donors (Lipinski definition) is 3. The molecule has 7 heteroatoms. The summed E-state index contributed by atoms with van der Waals surface area (Å²) < 4.78 is 7.04. The Morgan fingerprint density at radius 1 is 1.03 bits per heavy atom. The number of ether oxygens (including phenoxy) is 1. The molecule has 33 heavy (non-hydrogen) atoms. The molecule has 1 aromatic heterocycles. The molecule has 7 nitrogen and oxygen atoms in total. The van der Waals surface area contributed by atoms with Crippen LogP contribution in [0.15, 0.2) is 72.9 Å². The summed E-state index contributed by atoms with van der Waals surface area (Å²) in [5.41, 5.74) is 4.55. The molecule has 0 spiro atoms. The minimum absolute atomic E-state index is 0.172. The van der Waals surface area contributed by atoms with Crippen molar-refractivity contribution in [3.05, 3.63) is 89.6 Å². The molecule has 0 saturated heterocycles. The highest BCUT2D eigenvalue weighted by Gasteiger charge is 2.19. The lowest BCUT2D eigenvalue weighted by Gasteiger charge is -2.07. The van der Waals surface area contributed by atoms with Crippen molar-refractivity contribution >= 4 is 5.91 Å². The second-order valence-electron chi connectivity index (χ2n) is 7.73. The van der Waals surface area contributed by atoms with E-state index in [9.17, 15) is 15.0 Å². The predicted molar refractivity (Wildman–Crippen MR) is 126 cm³/mol. The first kappa shape index (κ1) is 22.0. The van der Waals surface area contributed by atoms with E-state index < -0.39 is 0 Å². The summed E-state index contributed by atoms with van der Waals surface area (Å²) in [4.78, 5) is 13.1. The van der Waals surface area contributed by atoms with Crippen LogP contribution in [-0.4, -0.2) is 39.6 Å². The molecular formula is C26H25N3O4. The zero-order valence-electron chi connectivity index (χ0n) is 18.4. The zero-order valence-corrected chi connectivity index (χ0v) is 18.4. The third kappa shape index (κ3) is 4.98. The van der Waals surface area contributed by atoms with E-state index in [2.05, 4.69) is 5.32 Å². The fourth-order valence-electron chi connectivity index (χ4n) is 3.49. The number of benzene rings is 3. The Kier molecular flexibility index (Phi) is 6.31. The fourth-order valence-corrected chi connectivity index (χ4v) is 3.49. The molecule has 0 aliphatic carbocycles. The monoisotopic (exact) mass is 443 g/mol. The van der Waals surface area contributed by atoms with Gasteiger partial charge in [0.15, 0.2) is 11.5 Å². The van der Waals surface area contributed by atoms with E-state index in [1.165, 1.54) is 12.1 Å². The molecule has 1 heterocycles. The summed E-state index contributed by atoms with van der Waals surface area (Å²) in [6, 6.07) is 20.0. The topological polar surface area (TPSA) is 96.6 Å². The van der Waals surface area contributed by atoms with Crippen LogP contribution in [-0.2, 0) is 6.42 Å². The number of methoxy groups -OCH3 is 1. The Bertz CT molecular complexity index is 1280. The van der Waals surface area contributed by atoms with E-state index in [1.807, 2.05) is 55.5 Å². The molecule has 3 aromatic carbocycles. The van der Waals surface area contributed by atoms with Gasteiger partial charge in [-0.05, 0) is 55.3 Å². The van der Waals surface area contributed by atoms with Gasteiger partial charge in [0.05, 0.1) is 18.4 Å². The summed E-state index contributed by atoms with van der Waals surface area (Å²) in [5, 5.41) is 26.7. The molecule has 168 valence electrons. The van der Waals surface area contributed by atoms with Gasteiger partial charge >= 0.3 is 0 Å². The lowest BCUT2D eigenvalue weighted by atomic mass is 10.1. The number of rotatable bonds is 7. The van der Waals surface area contributed by atoms with Gasteiger partial charge in [-0.2, -0.15) is 5.10 Å². The molecule has 0 radical (unpaired) electrons. The summed E-state index contributed by atoms with van der Waals surface area (Å²) >= 11 is 0. The van der Waals surface area contributed by atoms with Gasteiger partial charge in [-0.15, -0.1) is 0 Å². The van der Waals surface area contributed by atoms with Crippen LogP contribution in [0.5, 0.6) is 17.2 Å². The molecule has 3 N–H and O–H groups in total. The Hall–Kier alpha value is -4.26. The maximum atomic E-state index is 13.1. The molecule has 0 aliphatic heterocycles. The highest BCUT2D eigenvalue weighted by molar-refractivity contribution is 6.00. The Balaban J connectivity index is 1.61. The van der Waals surface area contributed by atoms with Crippen LogP contribution in [0.2, 0.25) is 0 Å². The van der Waals surface area contributed by atoms with Crippen molar-refractivity contribution in [2.75, 3.05) is 13.7 Å². The van der Waals surface area contributed by atoms with E-state index in [-0.39, 0.29) is 17.4 Å². The maximum absolute atomic E-state index is 13.1. The second kappa shape index (κ2) is 9.48. The van der Waals surface area contributed by atoms with Crippen molar-refractivity contribution in [1.82, 2.24) is 15.1 Å². The van der Waals surface area contributed by atoms with Gasteiger partial charge in [0.2, 0.25) is 0 Å². The number of nitrogens with one attached hydrogen (secondary N) is 1. The molecule has 0 fully saturated rings. The van der Waals surface area contributed by atoms with Gasteiger partial charge in [-0.3, -0.25) is 4.79 Å². The highest BCUT2D eigenvalue weighted by atomic mass is 16.5. The van der Waals surface area contributed by atoms with Gasteiger partial charge in [-0.1, -0.05) is 35.9 Å². The van der Waals surface area contributed by atoms with Crippen LogP contribution >= 0.6 is 0 Å². The third-order valence-corrected chi connectivity index (χ3v) is 5.34. The number of aryl methyl sites for hydroxylation is 1. The van der Waals surface area contributed by atoms with Crippen molar-refractivity contribution in [1.29, 1.82) is 0 Å². The predicted octanol–water partition coefficient (Wildman–Crippen LogP) is 4.24. The average Bonchev–Trinajstić information content (AvgIpc) is 3.27. The molecule has 0 aliphatic rings. The van der Waals surface area contributed by atoms with Crippen molar-refractivity contribution < 1.29 is 19.7 Å². The van der Waals surface area contributed by atoms with Crippen molar-refractivity contribution in [3.8, 4) is 34.2 Å². The number of amides is 1. The number of carbonyl (C=O) groups is 1. The largest absolute Gasteiger partial charge is 0.504 e. The minimum atomic E-state index is -0.255. The molecule has 1 amide bonds. The molecule has 0 bridgehead atoms. The summed E-state index contributed by atoms with van der Waals surface area (Å²) in [6.45, 7) is 2.37. The first-order valence-corrected chi connectivity index (χ1v) is 10.5. The standard InChI is InChI=1S/C26H25N3O4/c1-17-6-9-20(10-7-17)29-16-22(25(28-29)19-4-3-5-21(15-19)33-2)26(32)27-13-12-18-8-11-23(30)24(31)14-18/h3-11,14-16,30-31H,12-13H2,1-2H3,(H,27,32). The minimum Gasteiger partial charge on any atom is -0.504 e. The van der Waals surface area contributed by atoms with Gasteiger partial charge in [0.1, 0.15) is 11.4 Å². The van der Waals surface area contributed by atoms with E-state index in [0.717, 1.165) is 22.4 Å². The SMILES string of the molecule is COc1cccc(-c2nn(-c3ccc(C)cc3)cc2C(=O)NCCc2ccc(O)c(O)c2)c1. The summed E-state index contributed by atoms with van der Waals surface area (Å²) in [6.07, 6.45) is 2.22. The quantitative estimate of drug-likeness (QED) is 0.371. The third-order valence-electron chi connectivity index (χ3n) is 5.34. The second-order valence-corrected chi connectivity index (χ2v) is 7.73. The first-order valence-electron chi connectivity index (χ1n) is 10.5. The molecule has 0 unspecified atom stereocenters. The Labute approximate surface area is 191 Å². The van der Waals surface area contributed by atoms with Gasteiger partial charge in [0, 0.05) is 18.3 Å². The van der Waals surface area contributed by atoms with E-state index in [4.69, 9.17) is 9.84 Å². The average molecular weight is 444 g/mol. The van der Waals surface area contributed by atoms with E-state index >= 15 is 0 Å². The molecular weight excluding hydrogens is 418 g/mol. The van der Waals surface area contributed by atoms with Crippen molar-refractivity contribution in [2.45, 2.75) is 13.3 Å². The van der Waals surface area contributed by atoms with E-state index in [1.54, 1.807) is 24.1 Å². The number of hydrogen-bond acceptors (Lipinski definition) is 5. The normalized spacial score (nSPS) is 10.7. The number of carbonyl (C=O) groups excluding carboxylic acids is 1.